The van der Waals surface area contributed by atoms with E-state index in [-0.39, 0.29) is 24.1 Å². The van der Waals surface area contributed by atoms with Crippen LogP contribution in [0.3, 0.4) is 0 Å². The van der Waals surface area contributed by atoms with Crippen molar-refractivity contribution in [3.8, 4) is 0 Å². The third-order valence-electron chi connectivity index (χ3n) is 4.31. The molecule has 0 spiro atoms. The van der Waals surface area contributed by atoms with Gasteiger partial charge in [-0.25, -0.2) is 4.39 Å². The number of thiophene rings is 1. The molecule has 0 N–H and O–H groups in total. The first kappa shape index (κ1) is 28.1. The molecule has 0 fully saturated rings. The van der Waals surface area contributed by atoms with Crippen molar-refractivity contribution in [2.75, 3.05) is 7.11 Å². The molecular formula is C17H15F11O3S. The van der Waals surface area contributed by atoms with Gasteiger partial charge in [0.25, 0.3) is 0 Å². The highest BCUT2D eigenvalue weighted by Crippen LogP contribution is 2.59. The summed E-state index contributed by atoms with van der Waals surface area (Å²) in [5.41, 5.74) is -7.53. The van der Waals surface area contributed by atoms with Crippen molar-refractivity contribution < 1.29 is 62.6 Å². The fourth-order valence-electron chi connectivity index (χ4n) is 2.49. The van der Waals surface area contributed by atoms with Crippen LogP contribution in [0.5, 0.6) is 0 Å². The first-order valence-electron chi connectivity index (χ1n) is 8.58. The largest absolute Gasteiger partial charge is 0.469 e. The normalized spacial score (nSPS) is 13.9. The number of esters is 1. The van der Waals surface area contributed by atoms with Crippen LogP contribution in [0.4, 0.5) is 48.3 Å². The molecule has 0 amide bonds. The van der Waals surface area contributed by atoms with Gasteiger partial charge in [0.15, 0.2) is 5.78 Å². The predicted molar refractivity (Wildman–Crippen MR) is 88.7 cm³/mol. The second-order valence-corrected chi connectivity index (χ2v) is 7.72. The smallest absolute Gasteiger partial charge is 0.438 e. The van der Waals surface area contributed by atoms with E-state index in [9.17, 15) is 57.9 Å². The average Bonchev–Trinajstić information content (AvgIpc) is 3.12. The SMILES string of the molecule is COC(=O)CCCc1ccc(C(=O)CCC(F)(F)C(F)(F)C(F)(C(F)(F)F)C(F)(F)F)s1. The first-order valence-corrected chi connectivity index (χ1v) is 9.40. The lowest BCUT2D eigenvalue weighted by molar-refractivity contribution is -0.426. The first-order chi connectivity index (χ1) is 14.3. The molecule has 0 saturated carbocycles. The summed E-state index contributed by atoms with van der Waals surface area (Å²) in [6.07, 6.45) is -18.3. The predicted octanol–water partition coefficient (Wildman–Crippen LogP) is 6.31. The average molecular weight is 508 g/mol. The van der Waals surface area contributed by atoms with Gasteiger partial charge in [0.2, 0.25) is 0 Å². The van der Waals surface area contributed by atoms with Crippen molar-refractivity contribution in [2.45, 2.75) is 62.0 Å². The molecule has 32 heavy (non-hydrogen) atoms. The zero-order valence-corrected chi connectivity index (χ0v) is 16.8. The van der Waals surface area contributed by atoms with Crippen LogP contribution in [0, 0.1) is 0 Å². The molecule has 184 valence electrons. The summed E-state index contributed by atoms with van der Waals surface area (Å²) in [6, 6.07) is 2.42. The summed E-state index contributed by atoms with van der Waals surface area (Å²) in [4.78, 5) is 23.1. The fourth-order valence-corrected chi connectivity index (χ4v) is 3.51. The Morgan fingerprint density at radius 1 is 0.875 bits per heavy atom. The number of ketones is 1. The van der Waals surface area contributed by atoms with Gasteiger partial charge in [-0.15, -0.1) is 11.3 Å². The van der Waals surface area contributed by atoms with Gasteiger partial charge in [0.1, 0.15) is 0 Å². The van der Waals surface area contributed by atoms with E-state index in [0.717, 1.165) is 13.2 Å². The van der Waals surface area contributed by atoms with Crippen molar-refractivity contribution in [3.05, 3.63) is 21.9 Å². The molecule has 0 bridgehead atoms. The van der Waals surface area contributed by atoms with Gasteiger partial charge >= 0.3 is 35.8 Å². The minimum absolute atomic E-state index is 0.0162. The molecule has 0 saturated heterocycles. The van der Waals surface area contributed by atoms with Crippen LogP contribution < -0.4 is 0 Å². The molecule has 15 heteroatoms. The molecule has 0 aliphatic rings. The maximum atomic E-state index is 13.7. The molecule has 1 aromatic rings. The number of hydrogen-bond donors (Lipinski definition) is 0. The van der Waals surface area contributed by atoms with Gasteiger partial charge in [-0.3, -0.25) is 9.59 Å². The van der Waals surface area contributed by atoms with Crippen molar-refractivity contribution in [2.24, 2.45) is 0 Å². The Hall–Kier alpha value is -1.93. The highest BCUT2D eigenvalue weighted by atomic mass is 32.1. The number of ether oxygens (including phenoxy) is 1. The number of hydrogen-bond acceptors (Lipinski definition) is 4. The molecule has 1 rings (SSSR count). The lowest BCUT2D eigenvalue weighted by Crippen LogP contribution is -2.70. The number of halogens is 11. The molecule has 0 aromatic carbocycles. The van der Waals surface area contributed by atoms with E-state index >= 15 is 0 Å². The summed E-state index contributed by atoms with van der Waals surface area (Å²) in [7, 11) is 1.15. The van der Waals surface area contributed by atoms with Crippen LogP contribution in [0.15, 0.2) is 12.1 Å². The topological polar surface area (TPSA) is 43.4 Å². The van der Waals surface area contributed by atoms with E-state index in [1.807, 2.05) is 0 Å². The number of rotatable bonds is 10. The van der Waals surface area contributed by atoms with Gasteiger partial charge in [0.05, 0.1) is 12.0 Å². The minimum Gasteiger partial charge on any atom is -0.469 e. The van der Waals surface area contributed by atoms with Gasteiger partial charge in [-0.1, -0.05) is 0 Å². The highest BCUT2D eigenvalue weighted by molar-refractivity contribution is 7.14. The highest BCUT2D eigenvalue weighted by Gasteiger charge is 2.89. The number of alkyl halides is 11. The molecule has 0 aliphatic carbocycles. The summed E-state index contributed by atoms with van der Waals surface area (Å²) in [5.74, 6) is -15.2. The summed E-state index contributed by atoms with van der Waals surface area (Å²) >= 11 is 0.704. The monoisotopic (exact) mass is 508 g/mol. The van der Waals surface area contributed by atoms with E-state index < -0.39 is 54.5 Å². The summed E-state index contributed by atoms with van der Waals surface area (Å²) in [5, 5.41) is 0. The lowest BCUT2D eigenvalue weighted by atomic mass is 9.88. The van der Waals surface area contributed by atoms with E-state index in [1.54, 1.807) is 0 Å². The Morgan fingerprint density at radius 3 is 1.88 bits per heavy atom. The van der Waals surface area contributed by atoms with Crippen LogP contribution in [0.2, 0.25) is 0 Å². The van der Waals surface area contributed by atoms with Gasteiger partial charge in [-0.05, 0) is 25.0 Å². The second kappa shape index (κ2) is 9.51. The zero-order chi connectivity index (χ0) is 25.2. The molecule has 1 heterocycles. The van der Waals surface area contributed by atoms with Crippen LogP contribution in [0.25, 0.3) is 0 Å². The maximum absolute atomic E-state index is 13.7. The Kier molecular flexibility index (Phi) is 8.35. The molecular weight excluding hydrogens is 493 g/mol. The van der Waals surface area contributed by atoms with Crippen molar-refractivity contribution in [1.29, 1.82) is 0 Å². The molecule has 0 aliphatic heterocycles. The van der Waals surface area contributed by atoms with Crippen molar-refractivity contribution in [3.63, 3.8) is 0 Å². The van der Waals surface area contributed by atoms with E-state index in [2.05, 4.69) is 4.74 Å². The van der Waals surface area contributed by atoms with E-state index in [1.165, 1.54) is 6.07 Å². The van der Waals surface area contributed by atoms with E-state index in [0.29, 0.717) is 16.2 Å². The lowest BCUT2D eigenvalue weighted by Gasteiger charge is -2.39. The number of methoxy groups -OCH3 is 1. The number of carbonyl (C=O) groups excluding carboxylic acids is 2. The Labute approximate surface area is 177 Å². The van der Waals surface area contributed by atoms with E-state index in [4.69, 9.17) is 0 Å². The van der Waals surface area contributed by atoms with Gasteiger partial charge in [-0.2, -0.15) is 43.9 Å². The fraction of sp³-hybridized carbons (Fsp3) is 0.647. The van der Waals surface area contributed by atoms with Crippen LogP contribution in [-0.4, -0.2) is 48.7 Å². The Bertz CT molecular complexity index is 797. The number of aryl methyl sites for hydroxylation is 1. The van der Waals surface area contributed by atoms with Crippen LogP contribution in [0.1, 0.15) is 40.2 Å². The quantitative estimate of drug-likeness (QED) is 0.211. The minimum atomic E-state index is -7.53. The second-order valence-electron chi connectivity index (χ2n) is 6.55. The van der Waals surface area contributed by atoms with Crippen LogP contribution in [-0.2, 0) is 16.0 Å². The molecule has 0 radical (unpaired) electrons. The third kappa shape index (κ3) is 5.52. The van der Waals surface area contributed by atoms with Gasteiger partial charge < -0.3 is 4.74 Å². The maximum Gasteiger partial charge on any atom is 0.438 e. The molecule has 0 unspecified atom stereocenters. The molecule has 0 atom stereocenters. The van der Waals surface area contributed by atoms with Crippen molar-refractivity contribution in [1.82, 2.24) is 0 Å². The number of carbonyl (C=O) groups is 2. The number of Topliss-reactive ketones (excluding diaryl/α,β-unsaturated/α-hetero) is 1. The summed E-state index contributed by atoms with van der Waals surface area (Å²) < 4.78 is 147. The Balaban J connectivity index is 2.94. The molecule has 3 nitrogen and oxygen atoms in total. The zero-order valence-electron chi connectivity index (χ0n) is 16.0. The van der Waals surface area contributed by atoms with Crippen molar-refractivity contribution >= 4 is 23.1 Å². The molecule has 1 aromatic heterocycles. The van der Waals surface area contributed by atoms with Crippen LogP contribution >= 0.6 is 11.3 Å². The van der Waals surface area contributed by atoms with Gasteiger partial charge in [0, 0.05) is 24.1 Å². The summed E-state index contributed by atoms with van der Waals surface area (Å²) in [6.45, 7) is 0. The third-order valence-corrected chi connectivity index (χ3v) is 5.49. The standard InChI is InChI=1S/C17H15F11O3S/c1-31-12(30)4-2-3-9-5-6-11(32-9)10(29)7-8-13(18,19)15(21,22)14(20,16(23,24)25)17(26,27)28/h5-6H,2-4,7-8H2,1H3. The Morgan fingerprint density at radius 2 is 1.41 bits per heavy atom.